The van der Waals surface area contributed by atoms with E-state index < -0.39 is 0 Å². The largest absolute Gasteiger partial charge is 0.489 e. The second-order valence-electron chi connectivity index (χ2n) is 8.51. The van der Waals surface area contributed by atoms with Crippen molar-refractivity contribution in [1.82, 2.24) is 9.88 Å². The van der Waals surface area contributed by atoms with Crippen LogP contribution in [0.15, 0.2) is 78.9 Å². The first kappa shape index (κ1) is 21.3. The minimum Gasteiger partial charge on any atom is -0.489 e. The van der Waals surface area contributed by atoms with Gasteiger partial charge in [-0.15, -0.1) is 0 Å². The summed E-state index contributed by atoms with van der Waals surface area (Å²) in [6, 6.07) is 27.0. The first-order valence-electron chi connectivity index (χ1n) is 11.4. The Morgan fingerprint density at radius 2 is 1.67 bits per heavy atom. The third-order valence-electron chi connectivity index (χ3n) is 6.22. The Hall–Kier alpha value is -3.57. The second kappa shape index (κ2) is 9.51. The molecule has 1 aromatic heterocycles. The van der Waals surface area contributed by atoms with Crippen molar-refractivity contribution < 1.29 is 9.47 Å². The van der Waals surface area contributed by atoms with Gasteiger partial charge in [-0.25, -0.2) is 4.98 Å². The molecule has 0 bridgehead atoms. The summed E-state index contributed by atoms with van der Waals surface area (Å²) in [5.74, 6) is 1.45. The zero-order valence-electron chi connectivity index (χ0n) is 19.2. The van der Waals surface area contributed by atoms with E-state index in [0.717, 1.165) is 48.7 Å². The van der Waals surface area contributed by atoms with E-state index in [4.69, 9.17) is 9.47 Å². The molecule has 1 aliphatic heterocycles. The van der Waals surface area contributed by atoms with Crippen LogP contribution in [0.4, 0.5) is 5.69 Å². The van der Waals surface area contributed by atoms with Crippen molar-refractivity contribution in [2.75, 3.05) is 45.2 Å². The van der Waals surface area contributed by atoms with Crippen molar-refractivity contribution in [3.8, 4) is 22.9 Å². The maximum Gasteiger partial charge on any atom is 0.213 e. The Morgan fingerprint density at radius 1 is 0.848 bits per heavy atom. The molecule has 0 N–H and O–H groups in total. The lowest BCUT2D eigenvalue weighted by Crippen LogP contribution is -2.44. The number of piperazine rings is 1. The van der Waals surface area contributed by atoms with Crippen molar-refractivity contribution in [2.24, 2.45) is 0 Å². The summed E-state index contributed by atoms with van der Waals surface area (Å²) in [7, 11) is 3.83. The van der Waals surface area contributed by atoms with E-state index in [1.165, 1.54) is 16.5 Å². The van der Waals surface area contributed by atoms with Gasteiger partial charge in [0.1, 0.15) is 12.4 Å². The molecule has 0 amide bonds. The Labute approximate surface area is 195 Å². The van der Waals surface area contributed by atoms with Gasteiger partial charge in [-0.05, 0) is 42.3 Å². The van der Waals surface area contributed by atoms with Crippen molar-refractivity contribution in [1.29, 1.82) is 0 Å². The molecule has 0 spiro atoms. The number of nitrogens with zero attached hydrogens (tertiary/aromatic N) is 3. The highest BCUT2D eigenvalue weighted by Crippen LogP contribution is 2.31. The molecule has 5 heteroatoms. The Kier molecular flexibility index (Phi) is 6.13. The number of hydrogen-bond donors (Lipinski definition) is 0. The molecule has 1 fully saturated rings. The molecule has 0 unspecified atom stereocenters. The number of aromatic nitrogens is 1. The molecule has 0 atom stereocenters. The van der Waals surface area contributed by atoms with Crippen LogP contribution in [-0.4, -0.2) is 50.2 Å². The van der Waals surface area contributed by atoms with E-state index >= 15 is 0 Å². The lowest BCUT2D eigenvalue weighted by Gasteiger charge is -2.34. The zero-order valence-corrected chi connectivity index (χ0v) is 19.2. The highest BCUT2D eigenvalue weighted by molar-refractivity contribution is 5.95. The number of likely N-dealkylation sites (N-methyl/N-ethyl adjacent to an activating group) is 1. The average Bonchev–Trinajstić information content (AvgIpc) is 2.88. The quantitative estimate of drug-likeness (QED) is 0.411. The van der Waals surface area contributed by atoms with Gasteiger partial charge in [0.25, 0.3) is 0 Å². The van der Waals surface area contributed by atoms with Crippen LogP contribution in [0.25, 0.3) is 22.0 Å². The Morgan fingerprint density at radius 3 is 2.45 bits per heavy atom. The van der Waals surface area contributed by atoms with E-state index in [2.05, 4.69) is 70.4 Å². The van der Waals surface area contributed by atoms with E-state index in [9.17, 15) is 0 Å². The maximum atomic E-state index is 6.24. The summed E-state index contributed by atoms with van der Waals surface area (Å²) >= 11 is 0. The standard InChI is InChI=1S/C28H29N3O2/c1-30-13-15-31(16-14-30)27-10-6-9-22-11-12-24(19-25(22)27)33-20-21-17-26(29-28(18-21)32-2)23-7-4-3-5-8-23/h3-12,17-19H,13-16,20H2,1-2H3. The van der Waals surface area contributed by atoms with Crippen LogP contribution in [0.1, 0.15) is 5.56 Å². The normalized spacial score (nSPS) is 14.4. The summed E-state index contributed by atoms with van der Waals surface area (Å²) in [6.45, 7) is 4.70. The molecule has 0 aliphatic carbocycles. The van der Waals surface area contributed by atoms with Crippen LogP contribution < -0.4 is 14.4 Å². The first-order valence-corrected chi connectivity index (χ1v) is 11.4. The third-order valence-corrected chi connectivity index (χ3v) is 6.22. The minimum atomic E-state index is 0.445. The summed E-state index contributed by atoms with van der Waals surface area (Å²) in [5, 5.41) is 2.47. The van der Waals surface area contributed by atoms with Crippen LogP contribution in [-0.2, 0) is 6.61 Å². The number of hydrogen-bond acceptors (Lipinski definition) is 5. The predicted molar refractivity (Wildman–Crippen MR) is 134 cm³/mol. The highest BCUT2D eigenvalue weighted by atomic mass is 16.5. The lowest BCUT2D eigenvalue weighted by atomic mass is 10.1. The molecule has 2 heterocycles. The van der Waals surface area contributed by atoms with Crippen molar-refractivity contribution in [3.05, 3.63) is 84.4 Å². The number of benzene rings is 3. The van der Waals surface area contributed by atoms with Crippen LogP contribution in [0.2, 0.25) is 0 Å². The Balaban J connectivity index is 1.39. The van der Waals surface area contributed by atoms with Crippen molar-refractivity contribution >= 4 is 16.5 Å². The summed E-state index contributed by atoms with van der Waals surface area (Å²) in [4.78, 5) is 9.46. The topological polar surface area (TPSA) is 37.8 Å². The number of anilines is 1. The fraction of sp³-hybridized carbons (Fsp3) is 0.250. The minimum absolute atomic E-state index is 0.445. The number of pyridine rings is 1. The SMILES string of the molecule is COc1cc(COc2ccc3cccc(N4CCN(C)CC4)c3c2)cc(-c2ccccc2)n1. The van der Waals surface area contributed by atoms with E-state index in [-0.39, 0.29) is 0 Å². The van der Waals surface area contributed by atoms with E-state index in [1.807, 2.05) is 30.3 Å². The monoisotopic (exact) mass is 439 g/mol. The van der Waals surface area contributed by atoms with E-state index in [1.54, 1.807) is 7.11 Å². The molecule has 5 rings (SSSR count). The van der Waals surface area contributed by atoms with Gasteiger partial charge in [0, 0.05) is 48.9 Å². The average molecular weight is 440 g/mol. The Bertz CT molecular complexity index is 1230. The zero-order chi connectivity index (χ0) is 22.6. The summed E-state index contributed by atoms with van der Waals surface area (Å²) in [5.41, 5.74) is 4.24. The smallest absolute Gasteiger partial charge is 0.213 e. The van der Waals surface area contributed by atoms with Crippen LogP contribution in [0.5, 0.6) is 11.6 Å². The molecule has 3 aromatic carbocycles. The molecule has 168 valence electrons. The molecule has 1 aliphatic rings. The number of ether oxygens (including phenoxy) is 2. The van der Waals surface area contributed by atoms with Gasteiger partial charge in [0.15, 0.2) is 0 Å². The molecular weight excluding hydrogens is 410 g/mol. The summed E-state index contributed by atoms with van der Waals surface area (Å²) in [6.07, 6.45) is 0. The predicted octanol–water partition coefficient (Wildman–Crippen LogP) is 5.24. The fourth-order valence-electron chi connectivity index (χ4n) is 4.32. The maximum absolute atomic E-state index is 6.24. The van der Waals surface area contributed by atoms with Gasteiger partial charge in [-0.2, -0.15) is 0 Å². The molecule has 4 aromatic rings. The number of fused-ring (bicyclic) bond motifs is 1. The first-order chi connectivity index (χ1) is 16.2. The molecule has 1 saturated heterocycles. The molecule has 0 saturated carbocycles. The van der Waals surface area contributed by atoms with Crippen molar-refractivity contribution in [3.63, 3.8) is 0 Å². The second-order valence-corrected chi connectivity index (χ2v) is 8.51. The summed E-state index contributed by atoms with van der Waals surface area (Å²) < 4.78 is 11.7. The third kappa shape index (κ3) is 4.78. The van der Waals surface area contributed by atoms with Gasteiger partial charge in [-0.3, -0.25) is 0 Å². The van der Waals surface area contributed by atoms with Gasteiger partial charge < -0.3 is 19.3 Å². The fourth-order valence-corrected chi connectivity index (χ4v) is 4.32. The molecule has 5 nitrogen and oxygen atoms in total. The lowest BCUT2D eigenvalue weighted by molar-refractivity contribution is 0.305. The van der Waals surface area contributed by atoms with Gasteiger partial charge in [-0.1, -0.05) is 48.5 Å². The number of methoxy groups -OCH3 is 1. The van der Waals surface area contributed by atoms with Crippen LogP contribution >= 0.6 is 0 Å². The van der Waals surface area contributed by atoms with Gasteiger partial charge >= 0.3 is 0 Å². The van der Waals surface area contributed by atoms with Crippen LogP contribution in [0, 0.1) is 0 Å². The highest BCUT2D eigenvalue weighted by Gasteiger charge is 2.16. The molecule has 0 radical (unpaired) electrons. The van der Waals surface area contributed by atoms with Crippen LogP contribution in [0.3, 0.4) is 0 Å². The van der Waals surface area contributed by atoms with E-state index in [0.29, 0.717) is 12.5 Å². The molecular formula is C28H29N3O2. The number of rotatable bonds is 6. The molecule has 33 heavy (non-hydrogen) atoms. The van der Waals surface area contributed by atoms with Gasteiger partial charge in [0.05, 0.1) is 12.8 Å². The van der Waals surface area contributed by atoms with Gasteiger partial charge in [0.2, 0.25) is 5.88 Å². The van der Waals surface area contributed by atoms with Crippen molar-refractivity contribution in [2.45, 2.75) is 6.61 Å².